The first-order valence-corrected chi connectivity index (χ1v) is 12.5. The molecule has 8 nitrogen and oxygen atoms in total. The van der Waals surface area contributed by atoms with Crippen LogP contribution in [0.15, 0.2) is 47.3 Å². The average Bonchev–Trinajstić information content (AvgIpc) is 3.39. The molecule has 8 heteroatoms. The monoisotopic (exact) mass is 481 g/mol. The van der Waals surface area contributed by atoms with Crippen LogP contribution in [0.2, 0.25) is 0 Å². The SMILES string of the molecule is COc1ccc2nccc(C(O)CC[C@@H]3CCN(CCCc4ncco4)C[C@@H]3CCC(=O)O)c2c1. The van der Waals surface area contributed by atoms with E-state index in [9.17, 15) is 15.0 Å². The summed E-state index contributed by atoms with van der Waals surface area (Å²) in [4.78, 5) is 22.3. The van der Waals surface area contributed by atoms with Gasteiger partial charge < -0.3 is 24.3 Å². The highest BCUT2D eigenvalue weighted by molar-refractivity contribution is 5.83. The van der Waals surface area contributed by atoms with Crippen molar-refractivity contribution in [2.24, 2.45) is 11.8 Å². The standard InChI is InChI=1S/C27H35N3O5/c1-34-21-6-7-24-23(17-21)22(10-12-28-24)25(31)8-4-19-11-15-30(18-20(19)5-9-27(32)33)14-2-3-26-29-13-16-35-26/h6-7,10,12-13,16-17,19-20,25,31H,2-5,8-9,11,14-15,18H2,1H3,(H,32,33)/t19-,20+,25?/m1/s1. The number of hydrogen-bond donors (Lipinski definition) is 2. The lowest BCUT2D eigenvalue weighted by Gasteiger charge is -2.39. The summed E-state index contributed by atoms with van der Waals surface area (Å²) in [5.74, 6) is 1.46. The van der Waals surface area contributed by atoms with Crippen molar-refractivity contribution in [3.8, 4) is 5.75 Å². The third-order valence-corrected chi connectivity index (χ3v) is 7.21. The van der Waals surface area contributed by atoms with Gasteiger partial charge in [-0.1, -0.05) is 0 Å². The molecule has 3 aromatic rings. The Bertz CT molecular complexity index is 1090. The fourth-order valence-electron chi connectivity index (χ4n) is 5.30. The number of pyridine rings is 1. The van der Waals surface area contributed by atoms with E-state index in [4.69, 9.17) is 9.15 Å². The summed E-state index contributed by atoms with van der Waals surface area (Å²) in [5.41, 5.74) is 1.69. The number of aliphatic hydroxyl groups excluding tert-OH is 1. The smallest absolute Gasteiger partial charge is 0.303 e. The van der Waals surface area contributed by atoms with Gasteiger partial charge in [0.25, 0.3) is 0 Å². The minimum Gasteiger partial charge on any atom is -0.497 e. The van der Waals surface area contributed by atoms with Crippen LogP contribution in [0.4, 0.5) is 0 Å². The number of nitrogens with zero attached hydrogens (tertiary/aromatic N) is 3. The van der Waals surface area contributed by atoms with Gasteiger partial charge in [-0.15, -0.1) is 0 Å². The molecule has 3 heterocycles. The number of carboxylic acids is 1. The molecule has 188 valence electrons. The van der Waals surface area contributed by atoms with Gasteiger partial charge >= 0.3 is 5.97 Å². The summed E-state index contributed by atoms with van der Waals surface area (Å²) < 4.78 is 10.7. The van der Waals surface area contributed by atoms with Crippen molar-refractivity contribution < 1.29 is 24.2 Å². The Balaban J connectivity index is 1.36. The van der Waals surface area contributed by atoms with Crippen molar-refractivity contribution in [2.75, 3.05) is 26.7 Å². The predicted octanol–water partition coefficient (Wildman–Crippen LogP) is 4.48. The third kappa shape index (κ3) is 6.80. The van der Waals surface area contributed by atoms with Crippen LogP contribution in [-0.2, 0) is 11.2 Å². The molecule has 1 fully saturated rings. The van der Waals surface area contributed by atoms with E-state index in [1.807, 2.05) is 24.3 Å². The quantitative estimate of drug-likeness (QED) is 0.390. The van der Waals surface area contributed by atoms with E-state index in [-0.39, 0.29) is 6.42 Å². The number of rotatable bonds is 12. The van der Waals surface area contributed by atoms with Gasteiger partial charge in [0, 0.05) is 31.0 Å². The summed E-state index contributed by atoms with van der Waals surface area (Å²) in [7, 11) is 1.63. The second-order valence-corrected chi connectivity index (χ2v) is 9.45. The minimum absolute atomic E-state index is 0.183. The number of piperidine rings is 1. The number of oxazole rings is 1. The van der Waals surface area contributed by atoms with Gasteiger partial charge in [0.2, 0.25) is 0 Å². The topological polar surface area (TPSA) is 109 Å². The number of carboxylic acid groups (broad SMARTS) is 1. The number of fused-ring (bicyclic) bond motifs is 1. The van der Waals surface area contributed by atoms with Gasteiger partial charge in [-0.25, -0.2) is 4.98 Å². The summed E-state index contributed by atoms with van der Waals surface area (Å²) >= 11 is 0. The number of methoxy groups -OCH3 is 1. The maximum atomic E-state index is 11.3. The summed E-state index contributed by atoms with van der Waals surface area (Å²) in [5, 5.41) is 21.3. The molecule has 1 aliphatic heterocycles. The maximum absolute atomic E-state index is 11.3. The Kier molecular flexibility index (Phi) is 8.71. The molecular weight excluding hydrogens is 446 g/mol. The Morgan fingerprint density at radius 2 is 2.11 bits per heavy atom. The number of aryl methyl sites for hydroxylation is 1. The predicted molar refractivity (Wildman–Crippen MR) is 132 cm³/mol. The van der Waals surface area contributed by atoms with Gasteiger partial charge in [-0.3, -0.25) is 9.78 Å². The van der Waals surface area contributed by atoms with E-state index in [0.29, 0.717) is 24.7 Å². The van der Waals surface area contributed by atoms with E-state index in [0.717, 1.165) is 73.4 Å². The number of aliphatic hydroxyl groups is 1. The molecular formula is C27H35N3O5. The molecule has 0 saturated carbocycles. The Morgan fingerprint density at radius 3 is 2.89 bits per heavy atom. The van der Waals surface area contributed by atoms with Crippen molar-refractivity contribution in [1.82, 2.24) is 14.9 Å². The second-order valence-electron chi connectivity index (χ2n) is 9.45. The van der Waals surface area contributed by atoms with Crippen molar-refractivity contribution >= 4 is 16.9 Å². The van der Waals surface area contributed by atoms with Crippen LogP contribution in [0.3, 0.4) is 0 Å². The molecule has 1 aliphatic rings. The Labute approximate surface area is 205 Å². The highest BCUT2D eigenvalue weighted by Gasteiger charge is 2.30. The molecule has 1 saturated heterocycles. The molecule has 0 bridgehead atoms. The molecule has 0 aliphatic carbocycles. The molecule has 2 aromatic heterocycles. The molecule has 35 heavy (non-hydrogen) atoms. The zero-order chi connectivity index (χ0) is 24.6. The van der Waals surface area contributed by atoms with Crippen LogP contribution in [0.5, 0.6) is 5.75 Å². The molecule has 3 atom stereocenters. The second kappa shape index (κ2) is 12.1. The summed E-state index contributed by atoms with van der Waals surface area (Å²) in [6.45, 7) is 2.84. The number of hydrogen-bond acceptors (Lipinski definition) is 7. The molecule has 0 radical (unpaired) electrons. The van der Waals surface area contributed by atoms with Gasteiger partial charge in [-0.05, 0) is 86.9 Å². The van der Waals surface area contributed by atoms with Crippen molar-refractivity contribution in [3.63, 3.8) is 0 Å². The zero-order valence-corrected chi connectivity index (χ0v) is 20.3. The van der Waals surface area contributed by atoms with Crippen LogP contribution in [0.25, 0.3) is 10.9 Å². The number of benzene rings is 1. The van der Waals surface area contributed by atoms with Gasteiger partial charge in [0.15, 0.2) is 5.89 Å². The molecule has 1 aromatic carbocycles. The Hall–Kier alpha value is -2.97. The first kappa shape index (κ1) is 25.1. The van der Waals surface area contributed by atoms with Gasteiger partial charge in [-0.2, -0.15) is 0 Å². The normalized spacial score (nSPS) is 19.6. The first-order valence-electron chi connectivity index (χ1n) is 12.5. The largest absolute Gasteiger partial charge is 0.497 e. The van der Waals surface area contributed by atoms with Crippen LogP contribution < -0.4 is 4.74 Å². The highest BCUT2D eigenvalue weighted by atomic mass is 16.5. The van der Waals surface area contributed by atoms with Crippen molar-refractivity contribution in [3.05, 3.63) is 54.4 Å². The van der Waals surface area contributed by atoms with E-state index >= 15 is 0 Å². The number of likely N-dealkylation sites (tertiary alicyclic amines) is 1. The van der Waals surface area contributed by atoms with E-state index < -0.39 is 12.1 Å². The molecule has 0 spiro atoms. The number of aromatic nitrogens is 2. The molecule has 1 unspecified atom stereocenters. The first-order chi connectivity index (χ1) is 17.0. The minimum atomic E-state index is -0.748. The molecule has 0 amide bonds. The van der Waals surface area contributed by atoms with Crippen LogP contribution >= 0.6 is 0 Å². The molecule has 4 rings (SSSR count). The van der Waals surface area contributed by atoms with Crippen LogP contribution in [0, 0.1) is 11.8 Å². The van der Waals surface area contributed by atoms with Crippen molar-refractivity contribution in [1.29, 1.82) is 0 Å². The maximum Gasteiger partial charge on any atom is 0.303 e. The van der Waals surface area contributed by atoms with Crippen LogP contribution in [0.1, 0.15) is 56.1 Å². The number of ether oxygens (including phenoxy) is 1. The average molecular weight is 482 g/mol. The zero-order valence-electron chi connectivity index (χ0n) is 20.3. The lowest BCUT2D eigenvalue weighted by atomic mass is 9.79. The van der Waals surface area contributed by atoms with Crippen LogP contribution in [-0.4, -0.2) is 57.8 Å². The van der Waals surface area contributed by atoms with Gasteiger partial charge in [0.1, 0.15) is 12.0 Å². The Morgan fingerprint density at radius 1 is 1.23 bits per heavy atom. The fourth-order valence-corrected chi connectivity index (χ4v) is 5.30. The van der Waals surface area contributed by atoms with E-state index in [1.54, 1.807) is 25.8 Å². The van der Waals surface area contributed by atoms with Gasteiger partial charge in [0.05, 0.1) is 24.9 Å². The molecule has 2 N–H and O–H groups in total. The summed E-state index contributed by atoms with van der Waals surface area (Å²) in [6, 6.07) is 7.58. The number of carbonyl (C=O) groups is 1. The lowest BCUT2D eigenvalue weighted by molar-refractivity contribution is -0.137. The van der Waals surface area contributed by atoms with E-state index in [1.165, 1.54) is 0 Å². The fraction of sp³-hybridized carbons (Fsp3) is 0.519. The third-order valence-electron chi connectivity index (χ3n) is 7.21. The highest BCUT2D eigenvalue weighted by Crippen LogP contribution is 2.35. The van der Waals surface area contributed by atoms with E-state index in [2.05, 4.69) is 14.9 Å². The van der Waals surface area contributed by atoms with Crippen molar-refractivity contribution in [2.45, 2.75) is 51.0 Å². The summed E-state index contributed by atoms with van der Waals surface area (Å²) in [6.07, 6.45) is 9.54. The number of aliphatic carboxylic acids is 1. The lowest BCUT2D eigenvalue weighted by Crippen LogP contribution is -2.41.